The predicted molar refractivity (Wildman–Crippen MR) is 103 cm³/mol. The molecular weight excluding hydrogens is 302 g/mol. The summed E-state index contributed by atoms with van der Waals surface area (Å²) in [4.78, 5) is 0. The molecule has 120 valence electrons. The van der Waals surface area contributed by atoms with Gasteiger partial charge in [0.1, 0.15) is 0 Å². The maximum atomic E-state index is 2.24. The maximum Gasteiger partial charge on any atom is 0.176 e. The standard InChI is InChI=1S/C24H20N/c1-3-8-21(9-4-1)23-15-13-20(14-16-23)18-25-17-7-12-24(19-25)22-10-5-2-6-11-22/h1-17,19H,18H2/q+1. The second-order valence-electron chi connectivity index (χ2n) is 6.19. The largest absolute Gasteiger partial charge is 0.200 e. The minimum absolute atomic E-state index is 0.871. The van der Waals surface area contributed by atoms with Crippen molar-refractivity contribution in [2.45, 2.75) is 6.54 Å². The molecule has 0 bridgehead atoms. The fourth-order valence-corrected chi connectivity index (χ4v) is 3.07. The number of hydrogen-bond acceptors (Lipinski definition) is 0. The van der Waals surface area contributed by atoms with E-state index in [1.54, 1.807) is 0 Å². The second kappa shape index (κ2) is 7.14. The van der Waals surface area contributed by atoms with Gasteiger partial charge in [0.25, 0.3) is 0 Å². The van der Waals surface area contributed by atoms with Crippen molar-refractivity contribution in [1.29, 1.82) is 0 Å². The van der Waals surface area contributed by atoms with Gasteiger partial charge in [0.05, 0.1) is 0 Å². The summed E-state index contributed by atoms with van der Waals surface area (Å²) in [7, 11) is 0. The van der Waals surface area contributed by atoms with E-state index >= 15 is 0 Å². The topological polar surface area (TPSA) is 3.88 Å². The van der Waals surface area contributed by atoms with Crippen LogP contribution in [0.3, 0.4) is 0 Å². The van der Waals surface area contributed by atoms with Crippen LogP contribution >= 0.6 is 0 Å². The Labute approximate surface area is 148 Å². The van der Waals surface area contributed by atoms with Gasteiger partial charge in [-0.25, -0.2) is 4.57 Å². The Morgan fingerprint density at radius 3 is 1.64 bits per heavy atom. The van der Waals surface area contributed by atoms with Crippen LogP contribution in [0, 0.1) is 0 Å². The molecular formula is C24H20N+. The smallest absolute Gasteiger partial charge is 0.176 e. The van der Waals surface area contributed by atoms with Crippen LogP contribution in [-0.4, -0.2) is 0 Å². The Morgan fingerprint density at radius 1 is 0.480 bits per heavy atom. The first kappa shape index (κ1) is 15.3. The molecule has 0 N–H and O–H groups in total. The van der Waals surface area contributed by atoms with Gasteiger partial charge >= 0.3 is 0 Å². The van der Waals surface area contributed by atoms with Gasteiger partial charge in [-0.1, -0.05) is 84.9 Å². The Hall–Kier alpha value is -3.19. The molecule has 0 fully saturated rings. The van der Waals surface area contributed by atoms with E-state index in [1.165, 1.54) is 27.8 Å². The molecule has 0 aliphatic carbocycles. The quantitative estimate of drug-likeness (QED) is 0.446. The van der Waals surface area contributed by atoms with Crippen molar-refractivity contribution >= 4 is 0 Å². The van der Waals surface area contributed by atoms with Gasteiger partial charge in [-0.15, -0.1) is 0 Å². The highest BCUT2D eigenvalue weighted by molar-refractivity contribution is 5.63. The second-order valence-corrected chi connectivity index (χ2v) is 6.19. The molecule has 0 unspecified atom stereocenters. The molecule has 0 amide bonds. The van der Waals surface area contributed by atoms with Crippen LogP contribution in [0.25, 0.3) is 22.3 Å². The van der Waals surface area contributed by atoms with Crippen LogP contribution in [0.2, 0.25) is 0 Å². The summed E-state index contributed by atoms with van der Waals surface area (Å²) in [5, 5.41) is 0. The fraction of sp³-hybridized carbons (Fsp3) is 0.0417. The van der Waals surface area contributed by atoms with Gasteiger partial charge in [0.15, 0.2) is 18.9 Å². The number of aromatic nitrogens is 1. The molecule has 1 aromatic heterocycles. The molecule has 0 saturated carbocycles. The van der Waals surface area contributed by atoms with Gasteiger partial charge in [-0.05, 0) is 22.8 Å². The molecule has 25 heavy (non-hydrogen) atoms. The third-order valence-electron chi connectivity index (χ3n) is 4.39. The van der Waals surface area contributed by atoms with Crippen molar-refractivity contribution in [3.63, 3.8) is 0 Å². The zero-order valence-corrected chi connectivity index (χ0v) is 14.0. The summed E-state index contributed by atoms with van der Waals surface area (Å²) in [6.07, 6.45) is 4.33. The van der Waals surface area contributed by atoms with E-state index in [-0.39, 0.29) is 0 Å². The number of nitrogens with zero attached hydrogens (tertiary/aromatic N) is 1. The summed E-state index contributed by atoms with van der Waals surface area (Å²) < 4.78 is 2.24. The lowest BCUT2D eigenvalue weighted by atomic mass is 10.0. The summed E-state index contributed by atoms with van der Waals surface area (Å²) in [6.45, 7) is 0.871. The average Bonchev–Trinajstić information content (AvgIpc) is 2.70. The molecule has 0 atom stereocenters. The van der Waals surface area contributed by atoms with Crippen LogP contribution in [0.4, 0.5) is 0 Å². The lowest BCUT2D eigenvalue weighted by molar-refractivity contribution is -0.687. The Kier molecular flexibility index (Phi) is 4.38. The first-order chi connectivity index (χ1) is 12.4. The summed E-state index contributed by atoms with van der Waals surface area (Å²) in [5.41, 5.74) is 6.30. The van der Waals surface area contributed by atoms with Crippen molar-refractivity contribution in [2.24, 2.45) is 0 Å². The van der Waals surface area contributed by atoms with Crippen LogP contribution in [0.15, 0.2) is 109 Å². The lowest BCUT2D eigenvalue weighted by Gasteiger charge is -2.04. The molecule has 0 saturated heterocycles. The van der Waals surface area contributed by atoms with Crippen molar-refractivity contribution in [3.8, 4) is 22.3 Å². The van der Waals surface area contributed by atoms with E-state index in [1.807, 2.05) is 6.07 Å². The molecule has 3 aromatic carbocycles. The molecule has 1 heteroatoms. The van der Waals surface area contributed by atoms with Gasteiger partial charge < -0.3 is 0 Å². The summed E-state index contributed by atoms with van der Waals surface area (Å²) in [5.74, 6) is 0. The van der Waals surface area contributed by atoms with Crippen molar-refractivity contribution in [3.05, 3.63) is 115 Å². The van der Waals surface area contributed by atoms with E-state index < -0.39 is 0 Å². The highest BCUT2D eigenvalue weighted by Gasteiger charge is 2.06. The molecule has 1 heterocycles. The average molecular weight is 322 g/mol. The van der Waals surface area contributed by atoms with Crippen LogP contribution in [0.1, 0.15) is 5.56 Å². The van der Waals surface area contributed by atoms with E-state index in [4.69, 9.17) is 0 Å². The molecule has 0 aliphatic heterocycles. The molecule has 1 nitrogen and oxygen atoms in total. The number of rotatable bonds is 4. The SMILES string of the molecule is c1ccc(-c2ccc(C[n+]3cccc(-c4ccccc4)c3)cc2)cc1. The Balaban J connectivity index is 1.55. The zero-order chi connectivity index (χ0) is 16.9. The fourth-order valence-electron chi connectivity index (χ4n) is 3.07. The predicted octanol–water partition coefficient (Wildman–Crippen LogP) is 5.36. The summed E-state index contributed by atoms with van der Waals surface area (Å²) in [6, 6.07) is 34.1. The van der Waals surface area contributed by atoms with Crippen molar-refractivity contribution in [2.75, 3.05) is 0 Å². The number of hydrogen-bond donors (Lipinski definition) is 0. The van der Waals surface area contributed by atoms with E-state index in [0.29, 0.717) is 0 Å². The molecule has 4 rings (SSSR count). The molecule has 0 radical (unpaired) electrons. The maximum absolute atomic E-state index is 2.24. The van der Waals surface area contributed by atoms with Crippen LogP contribution in [-0.2, 0) is 6.54 Å². The molecule has 4 aromatic rings. The van der Waals surface area contributed by atoms with Gasteiger partial charge in [0.2, 0.25) is 0 Å². The van der Waals surface area contributed by atoms with Gasteiger partial charge in [-0.3, -0.25) is 0 Å². The Bertz CT molecular complexity index is 942. The van der Waals surface area contributed by atoms with Crippen molar-refractivity contribution < 1.29 is 4.57 Å². The van der Waals surface area contributed by atoms with E-state index in [2.05, 4.69) is 108 Å². The van der Waals surface area contributed by atoms with Crippen LogP contribution < -0.4 is 4.57 Å². The third-order valence-corrected chi connectivity index (χ3v) is 4.39. The first-order valence-corrected chi connectivity index (χ1v) is 8.57. The first-order valence-electron chi connectivity index (χ1n) is 8.57. The number of pyridine rings is 1. The van der Waals surface area contributed by atoms with E-state index in [9.17, 15) is 0 Å². The minimum atomic E-state index is 0.871. The Morgan fingerprint density at radius 2 is 1.00 bits per heavy atom. The zero-order valence-electron chi connectivity index (χ0n) is 14.0. The van der Waals surface area contributed by atoms with E-state index in [0.717, 1.165) is 6.54 Å². The summed E-state index contributed by atoms with van der Waals surface area (Å²) >= 11 is 0. The monoisotopic (exact) mass is 322 g/mol. The van der Waals surface area contributed by atoms with Crippen LogP contribution in [0.5, 0.6) is 0 Å². The normalized spacial score (nSPS) is 10.6. The molecule has 0 aliphatic rings. The van der Waals surface area contributed by atoms with Gasteiger partial charge in [-0.2, -0.15) is 0 Å². The third kappa shape index (κ3) is 3.67. The minimum Gasteiger partial charge on any atom is -0.200 e. The lowest BCUT2D eigenvalue weighted by Crippen LogP contribution is -2.33. The number of benzene rings is 3. The molecule has 0 spiro atoms. The highest BCUT2D eigenvalue weighted by Crippen LogP contribution is 2.19. The van der Waals surface area contributed by atoms with Crippen molar-refractivity contribution in [1.82, 2.24) is 0 Å². The highest BCUT2D eigenvalue weighted by atomic mass is 14.9. The van der Waals surface area contributed by atoms with Gasteiger partial charge in [0, 0.05) is 17.2 Å².